The molecule has 0 saturated carbocycles. The molecule has 36 heavy (non-hydrogen) atoms. The normalized spacial score (nSPS) is 15.7. The molecule has 2 aromatic carbocycles. The molecule has 0 atom stereocenters. The van der Waals surface area contributed by atoms with Crippen molar-refractivity contribution in [3.63, 3.8) is 0 Å². The lowest BCUT2D eigenvalue weighted by Crippen LogP contribution is -2.43. The van der Waals surface area contributed by atoms with Gasteiger partial charge in [0, 0.05) is 66.6 Å². The summed E-state index contributed by atoms with van der Waals surface area (Å²) >= 11 is 0. The van der Waals surface area contributed by atoms with Gasteiger partial charge in [0.2, 0.25) is 0 Å². The third-order valence-electron chi connectivity index (χ3n) is 6.78. The summed E-state index contributed by atoms with van der Waals surface area (Å²) in [6.45, 7) is 6.73. The maximum Gasteiger partial charge on any atom is 0.254 e. The van der Waals surface area contributed by atoms with E-state index < -0.39 is 0 Å². The molecule has 188 valence electrons. The number of ether oxygens (including phenoxy) is 1. The molecule has 7 nitrogen and oxygen atoms in total. The SMILES string of the molecule is CC.CNc1cc(Oc2ccnc(-c3ccc4c(c3)CN(C3CCN(C)CC3)C4=O)c2)ccc1C=N. The molecule has 3 aromatic rings. The molecule has 1 aromatic heterocycles. The molecule has 2 aliphatic heterocycles. The van der Waals surface area contributed by atoms with Gasteiger partial charge in [-0.15, -0.1) is 0 Å². The molecular formula is C29H35N5O2. The molecule has 0 unspecified atom stereocenters. The van der Waals surface area contributed by atoms with Gasteiger partial charge in [0.1, 0.15) is 11.5 Å². The fourth-order valence-corrected chi connectivity index (χ4v) is 4.81. The van der Waals surface area contributed by atoms with Crippen molar-refractivity contribution in [2.24, 2.45) is 0 Å². The van der Waals surface area contributed by atoms with Gasteiger partial charge in [0.25, 0.3) is 5.91 Å². The number of amides is 1. The topological polar surface area (TPSA) is 81.6 Å². The molecule has 3 heterocycles. The van der Waals surface area contributed by atoms with Gasteiger partial charge in [-0.3, -0.25) is 9.78 Å². The summed E-state index contributed by atoms with van der Waals surface area (Å²) in [6, 6.07) is 15.6. The van der Waals surface area contributed by atoms with E-state index in [2.05, 4.69) is 28.3 Å². The van der Waals surface area contributed by atoms with E-state index in [-0.39, 0.29) is 5.91 Å². The number of pyridine rings is 1. The monoisotopic (exact) mass is 485 g/mol. The lowest BCUT2D eigenvalue weighted by molar-refractivity contribution is 0.0617. The molecule has 0 aliphatic carbocycles. The van der Waals surface area contributed by atoms with Gasteiger partial charge in [-0.05, 0) is 68.9 Å². The van der Waals surface area contributed by atoms with Crippen molar-refractivity contribution in [2.45, 2.75) is 39.3 Å². The van der Waals surface area contributed by atoms with Crippen molar-refractivity contribution in [1.82, 2.24) is 14.8 Å². The van der Waals surface area contributed by atoms with Crippen LogP contribution in [-0.4, -0.2) is 60.1 Å². The van der Waals surface area contributed by atoms with E-state index in [9.17, 15) is 4.79 Å². The van der Waals surface area contributed by atoms with Gasteiger partial charge >= 0.3 is 0 Å². The number of benzene rings is 2. The fourth-order valence-electron chi connectivity index (χ4n) is 4.81. The smallest absolute Gasteiger partial charge is 0.254 e. The summed E-state index contributed by atoms with van der Waals surface area (Å²) in [5, 5.41) is 10.6. The molecule has 2 N–H and O–H groups in total. The lowest BCUT2D eigenvalue weighted by atomic mass is 10.0. The summed E-state index contributed by atoms with van der Waals surface area (Å²) in [7, 11) is 3.96. The van der Waals surface area contributed by atoms with E-state index in [1.165, 1.54) is 6.21 Å². The Hall–Kier alpha value is -3.71. The predicted octanol–water partition coefficient (Wildman–Crippen LogP) is 5.66. The van der Waals surface area contributed by atoms with Crippen LogP contribution in [0.3, 0.4) is 0 Å². The first-order valence-corrected chi connectivity index (χ1v) is 12.6. The zero-order valence-corrected chi connectivity index (χ0v) is 21.5. The number of hydrogen-bond donors (Lipinski definition) is 2. The Morgan fingerprint density at radius 1 is 1.06 bits per heavy atom. The van der Waals surface area contributed by atoms with Crippen molar-refractivity contribution >= 4 is 17.8 Å². The van der Waals surface area contributed by atoms with E-state index in [0.29, 0.717) is 24.1 Å². The van der Waals surface area contributed by atoms with Crippen LogP contribution in [0.4, 0.5) is 5.69 Å². The summed E-state index contributed by atoms with van der Waals surface area (Å²) in [6.07, 6.45) is 5.10. The minimum atomic E-state index is 0.148. The average Bonchev–Trinajstić information content (AvgIpc) is 3.26. The van der Waals surface area contributed by atoms with Crippen molar-refractivity contribution in [3.8, 4) is 22.8 Å². The van der Waals surface area contributed by atoms with E-state index in [4.69, 9.17) is 10.1 Å². The van der Waals surface area contributed by atoms with Crippen LogP contribution in [0, 0.1) is 5.41 Å². The predicted molar refractivity (Wildman–Crippen MR) is 145 cm³/mol. The number of nitrogens with one attached hydrogen (secondary N) is 2. The van der Waals surface area contributed by atoms with Gasteiger partial charge in [-0.2, -0.15) is 0 Å². The number of piperidine rings is 1. The van der Waals surface area contributed by atoms with Crippen molar-refractivity contribution in [2.75, 3.05) is 32.5 Å². The maximum atomic E-state index is 13.0. The third kappa shape index (κ3) is 5.26. The van der Waals surface area contributed by atoms with Crippen molar-refractivity contribution < 1.29 is 9.53 Å². The summed E-state index contributed by atoms with van der Waals surface area (Å²) < 4.78 is 6.08. The van der Waals surface area contributed by atoms with Gasteiger partial charge < -0.3 is 25.3 Å². The first kappa shape index (κ1) is 25.4. The average molecular weight is 486 g/mol. The first-order chi connectivity index (χ1) is 17.6. The van der Waals surface area contributed by atoms with Crippen molar-refractivity contribution in [1.29, 1.82) is 5.41 Å². The van der Waals surface area contributed by atoms with Crippen LogP contribution >= 0.6 is 0 Å². The van der Waals surface area contributed by atoms with Gasteiger partial charge in [0.05, 0.1) is 5.69 Å². The van der Waals surface area contributed by atoms with Crippen molar-refractivity contribution in [3.05, 3.63) is 71.4 Å². The van der Waals surface area contributed by atoms with Crippen LogP contribution in [0.2, 0.25) is 0 Å². The fraction of sp³-hybridized carbons (Fsp3) is 0.345. The summed E-state index contributed by atoms with van der Waals surface area (Å²) in [5.74, 6) is 1.51. The highest BCUT2D eigenvalue weighted by Gasteiger charge is 2.34. The molecular weight excluding hydrogens is 450 g/mol. The van der Waals surface area contributed by atoms with Crippen LogP contribution in [0.25, 0.3) is 11.3 Å². The molecule has 1 saturated heterocycles. The number of likely N-dealkylation sites (tertiary alicyclic amines) is 1. The Bertz CT molecular complexity index is 1230. The Morgan fingerprint density at radius 2 is 1.81 bits per heavy atom. The number of carbonyl (C=O) groups is 1. The third-order valence-corrected chi connectivity index (χ3v) is 6.78. The first-order valence-electron chi connectivity index (χ1n) is 12.6. The molecule has 1 amide bonds. The quantitative estimate of drug-likeness (QED) is 0.441. The number of rotatable bonds is 6. The van der Waals surface area contributed by atoms with Crippen LogP contribution in [-0.2, 0) is 6.54 Å². The van der Waals surface area contributed by atoms with Gasteiger partial charge in [-0.1, -0.05) is 19.9 Å². The zero-order chi connectivity index (χ0) is 25.7. The number of anilines is 1. The maximum absolute atomic E-state index is 13.0. The number of aromatic nitrogens is 1. The van der Waals surface area contributed by atoms with Crippen LogP contribution in [0.5, 0.6) is 11.5 Å². The van der Waals surface area contributed by atoms with Crippen LogP contribution < -0.4 is 10.1 Å². The van der Waals surface area contributed by atoms with E-state index in [1.807, 2.05) is 68.3 Å². The second-order valence-corrected chi connectivity index (χ2v) is 8.96. The standard InChI is InChI=1S/C27H29N5O2.C2H6/c1-29-25-14-22(5-3-19(25)16-28)34-23-7-10-30-26(15-23)18-4-6-24-20(13-18)17-32(27(24)33)21-8-11-31(2)12-9-21;1-2/h3-7,10,13-16,21,28-29H,8-9,11-12,17H2,1-2H3;1-2H3. The van der Waals surface area contributed by atoms with Gasteiger partial charge in [-0.25, -0.2) is 0 Å². The molecule has 1 fully saturated rings. The molecule has 0 bridgehead atoms. The molecule has 2 aliphatic rings. The number of nitrogens with zero attached hydrogens (tertiary/aromatic N) is 3. The largest absolute Gasteiger partial charge is 0.457 e. The lowest BCUT2D eigenvalue weighted by Gasteiger charge is -2.34. The van der Waals surface area contributed by atoms with E-state index in [0.717, 1.165) is 59.6 Å². The Kier molecular flexibility index (Phi) is 8.00. The summed E-state index contributed by atoms with van der Waals surface area (Å²) in [5.41, 5.74) is 5.27. The number of hydrogen-bond acceptors (Lipinski definition) is 6. The highest BCUT2D eigenvalue weighted by atomic mass is 16.5. The second kappa shape index (κ2) is 11.4. The van der Waals surface area contributed by atoms with Crippen LogP contribution in [0.1, 0.15) is 48.2 Å². The minimum absolute atomic E-state index is 0.148. The van der Waals surface area contributed by atoms with E-state index in [1.54, 1.807) is 6.20 Å². The second-order valence-electron chi connectivity index (χ2n) is 8.96. The number of carbonyl (C=O) groups excluding carboxylic acids is 1. The molecule has 7 heteroatoms. The molecule has 0 spiro atoms. The highest BCUT2D eigenvalue weighted by molar-refractivity contribution is 5.99. The van der Waals surface area contributed by atoms with Gasteiger partial charge in [0.15, 0.2) is 0 Å². The zero-order valence-electron chi connectivity index (χ0n) is 21.5. The highest BCUT2D eigenvalue weighted by Crippen LogP contribution is 2.33. The Balaban J connectivity index is 0.00000148. The van der Waals surface area contributed by atoms with E-state index >= 15 is 0 Å². The summed E-state index contributed by atoms with van der Waals surface area (Å²) in [4.78, 5) is 22.0. The molecule has 0 radical (unpaired) electrons. The van der Waals surface area contributed by atoms with Crippen LogP contribution in [0.15, 0.2) is 54.7 Å². The Morgan fingerprint density at radius 3 is 2.53 bits per heavy atom. The number of fused-ring (bicyclic) bond motifs is 1. The molecule has 5 rings (SSSR count). The Labute approximate surface area is 213 Å². The minimum Gasteiger partial charge on any atom is -0.457 e.